The molecule has 0 radical (unpaired) electrons. The molecule has 3 nitrogen and oxygen atoms in total. The second-order valence-electron chi connectivity index (χ2n) is 5.63. The number of nitrogens with one attached hydrogen (secondary N) is 1. The largest absolute Gasteiger partial charge is 0.281 e. The van der Waals surface area contributed by atoms with Gasteiger partial charge in [-0.3, -0.25) is 5.10 Å². The third-order valence-electron chi connectivity index (χ3n) is 4.15. The summed E-state index contributed by atoms with van der Waals surface area (Å²) in [5, 5.41) is 9.71. The second kappa shape index (κ2) is 4.67. The molecule has 104 valence electrons. The van der Waals surface area contributed by atoms with E-state index in [0.717, 1.165) is 17.8 Å². The van der Waals surface area contributed by atoms with E-state index in [1.54, 1.807) is 11.3 Å². The molecule has 1 aliphatic rings. The number of hydrogen-bond donors (Lipinski definition) is 1. The SMILES string of the molecule is CC1(c2ccccc2)C=Cc2c(-c3cscn3)n[nH]c2C1. The van der Waals surface area contributed by atoms with Gasteiger partial charge in [-0.1, -0.05) is 49.4 Å². The maximum Gasteiger partial charge on any atom is 0.119 e. The van der Waals surface area contributed by atoms with Gasteiger partial charge in [-0.05, 0) is 5.56 Å². The molecule has 0 saturated heterocycles. The zero-order valence-corrected chi connectivity index (χ0v) is 12.5. The summed E-state index contributed by atoms with van der Waals surface area (Å²) in [7, 11) is 0. The zero-order valence-electron chi connectivity index (χ0n) is 11.7. The van der Waals surface area contributed by atoms with Gasteiger partial charge in [-0.2, -0.15) is 5.10 Å². The van der Waals surface area contributed by atoms with Crippen LogP contribution in [0.1, 0.15) is 23.7 Å². The number of hydrogen-bond acceptors (Lipinski definition) is 3. The first kappa shape index (κ1) is 12.5. The maximum atomic E-state index is 4.47. The van der Waals surface area contributed by atoms with Gasteiger partial charge in [0.05, 0.1) is 5.51 Å². The Hall–Kier alpha value is -2.20. The van der Waals surface area contributed by atoms with Crippen LogP contribution in [0.4, 0.5) is 0 Å². The first-order valence-corrected chi connectivity index (χ1v) is 7.91. The highest BCUT2D eigenvalue weighted by molar-refractivity contribution is 7.07. The number of H-pyrrole nitrogens is 1. The van der Waals surface area contributed by atoms with Crippen molar-refractivity contribution in [3.8, 4) is 11.4 Å². The van der Waals surface area contributed by atoms with Crippen LogP contribution < -0.4 is 0 Å². The molecule has 4 rings (SSSR count). The van der Waals surface area contributed by atoms with E-state index in [9.17, 15) is 0 Å². The third kappa shape index (κ3) is 2.03. The highest BCUT2D eigenvalue weighted by atomic mass is 32.1. The zero-order chi connectivity index (χ0) is 14.3. The van der Waals surface area contributed by atoms with Gasteiger partial charge in [0, 0.05) is 28.5 Å². The molecule has 3 aromatic rings. The number of aromatic nitrogens is 3. The molecule has 1 N–H and O–H groups in total. The van der Waals surface area contributed by atoms with Crippen molar-refractivity contribution in [1.29, 1.82) is 0 Å². The van der Waals surface area contributed by atoms with Crippen molar-refractivity contribution in [3.05, 3.63) is 64.1 Å². The number of rotatable bonds is 2. The van der Waals surface area contributed by atoms with Gasteiger partial charge >= 0.3 is 0 Å². The number of thiazole rings is 1. The van der Waals surface area contributed by atoms with E-state index in [2.05, 4.69) is 64.6 Å². The van der Waals surface area contributed by atoms with E-state index < -0.39 is 0 Å². The summed E-state index contributed by atoms with van der Waals surface area (Å²) in [6.45, 7) is 2.27. The molecule has 1 unspecified atom stereocenters. The smallest absolute Gasteiger partial charge is 0.119 e. The molecule has 0 aliphatic heterocycles. The lowest BCUT2D eigenvalue weighted by Gasteiger charge is -2.29. The third-order valence-corrected chi connectivity index (χ3v) is 4.74. The predicted molar refractivity (Wildman–Crippen MR) is 86.2 cm³/mol. The maximum absolute atomic E-state index is 4.47. The summed E-state index contributed by atoms with van der Waals surface area (Å²) in [6.07, 6.45) is 5.40. The second-order valence-corrected chi connectivity index (χ2v) is 6.35. The van der Waals surface area contributed by atoms with Crippen molar-refractivity contribution in [3.63, 3.8) is 0 Å². The molecule has 0 spiro atoms. The Morgan fingerprint density at radius 1 is 1.24 bits per heavy atom. The van der Waals surface area contributed by atoms with Gasteiger partial charge in [0.15, 0.2) is 0 Å². The first-order chi connectivity index (χ1) is 10.3. The quantitative estimate of drug-likeness (QED) is 0.774. The Balaban J connectivity index is 1.76. The summed E-state index contributed by atoms with van der Waals surface area (Å²) in [5.41, 5.74) is 7.46. The molecule has 2 heterocycles. The average Bonchev–Trinajstić information content (AvgIpc) is 3.16. The van der Waals surface area contributed by atoms with Gasteiger partial charge in [-0.25, -0.2) is 4.98 Å². The Kier molecular flexibility index (Phi) is 2.79. The predicted octanol–water partition coefficient (Wildman–Crippen LogP) is 4.06. The van der Waals surface area contributed by atoms with E-state index in [1.165, 1.54) is 16.8 Å². The van der Waals surface area contributed by atoms with Gasteiger partial charge in [-0.15, -0.1) is 11.3 Å². The lowest BCUT2D eigenvalue weighted by Crippen LogP contribution is -2.25. The Morgan fingerprint density at radius 2 is 2.10 bits per heavy atom. The number of benzene rings is 1. The van der Waals surface area contributed by atoms with E-state index in [1.807, 2.05) is 10.9 Å². The topological polar surface area (TPSA) is 41.6 Å². The fraction of sp³-hybridized carbons (Fsp3) is 0.176. The van der Waals surface area contributed by atoms with Crippen molar-refractivity contribution in [2.24, 2.45) is 0 Å². The van der Waals surface area contributed by atoms with Crippen molar-refractivity contribution in [1.82, 2.24) is 15.2 Å². The van der Waals surface area contributed by atoms with Crippen LogP contribution in [0, 0.1) is 0 Å². The van der Waals surface area contributed by atoms with Crippen LogP contribution in [0.2, 0.25) is 0 Å². The molecule has 1 aliphatic carbocycles. The van der Waals surface area contributed by atoms with Crippen LogP contribution in [0.15, 0.2) is 47.3 Å². The van der Waals surface area contributed by atoms with Crippen LogP contribution in [-0.4, -0.2) is 15.2 Å². The van der Waals surface area contributed by atoms with E-state index >= 15 is 0 Å². The fourth-order valence-electron chi connectivity index (χ4n) is 2.94. The number of allylic oxidation sites excluding steroid dienone is 1. The van der Waals surface area contributed by atoms with Crippen LogP contribution in [0.5, 0.6) is 0 Å². The minimum Gasteiger partial charge on any atom is -0.281 e. The Labute approximate surface area is 127 Å². The molecule has 1 atom stereocenters. The lowest BCUT2D eigenvalue weighted by atomic mass is 9.74. The molecule has 0 amide bonds. The van der Waals surface area contributed by atoms with Crippen LogP contribution in [-0.2, 0) is 11.8 Å². The molecule has 0 bridgehead atoms. The average molecular weight is 293 g/mol. The Bertz CT molecular complexity index is 787. The monoisotopic (exact) mass is 293 g/mol. The lowest BCUT2D eigenvalue weighted by molar-refractivity contribution is 0.577. The number of aromatic amines is 1. The normalized spacial score (nSPS) is 20.4. The van der Waals surface area contributed by atoms with Crippen LogP contribution >= 0.6 is 11.3 Å². The van der Waals surface area contributed by atoms with Crippen molar-refractivity contribution >= 4 is 17.4 Å². The fourth-order valence-corrected chi connectivity index (χ4v) is 3.47. The highest BCUT2D eigenvalue weighted by Gasteiger charge is 2.30. The molecule has 2 aromatic heterocycles. The summed E-state index contributed by atoms with van der Waals surface area (Å²) >= 11 is 1.60. The molecule has 21 heavy (non-hydrogen) atoms. The molecular weight excluding hydrogens is 278 g/mol. The van der Waals surface area contributed by atoms with Crippen molar-refractivity contribution < 1.29 is 0 Å². The number of nitrogens with zero attached hydrogens (tertiary/aromatic N) is 2. The summed E-state index contributed by atoms with van der Waals surface area (Å²) in [4.78, 5) is 4.36. The number of fused-ring (bicyclic) bond motifs is 1. The van der Waals surface area contributed by atoms with E-state index in [0.29, 0.717) is 0 Å². The van der Waals surface area contributed by atoms with Gasteiger partial charge in [0.2, 0.25) is 0 Å². The standard InChI is InChI=1S/C17H15N3S/c1-17(12-5-3-2-4-6-12)8-7-13-14(9-17)19-20-16(13)15-10-21-11-18-15/h2-8,10-11H,9H2,1H3,(H,19,20). The summed E-state index contributed by atoms with van der Waals surface area (Å²) < 4.78 is 0. The van der Waals surface area contributed by atoms with Crippen molar-refractivity contribution in [2.75, 3.05) is 0 Å². The van der Waals surface area contributed by atoms with E-state index in [-0.39, 0.29) is 5.41 Å². The van der Waals surface area contributed by atoms with Crippen LogP contribution in [0.3, 0.4) is 0 Å². The molecule has 0 fully saturated rings. The van der Waals surface area contributed by atoms with Crippen LogP contribution in [0.25, 0.3) is 17.5 Å². The molecule has 1 aromatic carbocycles. The molecule has 4 heteroatoms. The van der Waals surface area contributed by atoms with Gasteiger partial charge in [0.25, 0.3) is 0 Å². The first-order valence-electron chi connectivity index (χ1n) is 6.97. The summed E-state index contributed by atoms with van der Waals surface area (Å²) in [6, 6.07) is 10.6. The molecule has 0 saturated carbocycles. The van der Waals surface area contributed by atoms with Crippen molar-refractivity contribution in [2.45, 2.75) is 18.8 Å². The van der Waals surface area contributed by atoms with E-state index in [4.69, 9.17) is 0 Å². The summed E-state index contributed by atoms with van der Waals surface area (Å²) in [5.74, 6) is 0. The Morgan fingerprint density at radius 3 is 2.86 bits per heavy atom. The minimum absolute atomic E-state index is 0.0140. The highest BCUT2D eigenvalue weighted by Crippen LogP contribution is 2.37. The van der Waals surface area contributed by atoms with Gasteiger partial charge in [0.1, 0.15) is 11.4 Å². The molecular formula is C17H15N3S. The minimum atomic E-state index is 0.0140. The van der Waals surface area contributed by atoms with Gasteiger partial charge < -0.3 is 0 Å².